The molecule has 11 heteroatoms. The Hall–Kier alpha value is -3.60. The van der Waals surface area contributed by atoms with Crippen LogP contribution in [0, 0.1) is 0 Å². The van der Waals surface area contributed by atoms with Gasteiger partial charge in [0.05, 0.1) is 0 Å². The summed E-state index contributed by atoms with van der Waals surface area (Å²) in [6, 6.07) is 5.67. The van der Waals surface area contributed by atoms with E-state index in [-0.39, 0.29) is 6.61 Å². The normalized spacial score (nSPS) is 24.2. The number of ether oxygens (including phenoxy) is 5. The maximum absolute atomic E-state index is 12.0. The van der Waals surface area contributed by atoms with E-state index in [0.717, 1.165) is 11.3 Å². The SMILES string of the molecule is CC(=O)OC[C@H]1O[C@@H](c2cc(Cc3ccc[nH]3)c[nH]2)[C@@H](OC(C)=O)[C@@H](OC(C)=O)[C@@H]1OC(C)=O. The van der Waals surface area contributed by atoms with Gasteiger partial charge in [0, 0.05) is 57.9 Å². The first-order valence-corrected chi connectivity index (χ1v) is 10.7. The lowest BCUT2D eigenvalue weighted by atomic mass is 9.92. The maximum Gasteiger partial charge on any atom is 0.303 e. The monoisotopic (exact) mass is 476 g/mol. The second-order valence-corrected chi connectivity index (χ2v) is 7.96. The predicted molar refractivity (Wildman–Crippen MR) is 115 cm³/mol. The second kappa shape index (κ2) is 11.0. The Balaban J connectivity index is 1.98. The first-order valence-electron chi connectivity index (χ1n) is 10.7. The lowest BCUT2D eigenvalue weighted by Gasteiger charge is -2.44. The molecule has 0 saturated carbocycles. The van der Waals surface area contributed by atoms with Crippen molar-refractivity contribution in [3.63, 3.8) is 0 Å². The molecule has 0 amide bonds. The van der Waals surface area contributed by atoms with E-state index in [2.05, 4.69) is 9.97 Å². The number of aromatic nitrogens is 2. The number of aromatic amines is 2. The molecule has 2 aromatic rings. The van der Waals surface area contributed by atoms with Crippen LogP contribution in [0.2, 0.25) is 0 Å². The van der Waals surface area contributed by atoms with Gasteiger partial charge in [-0.05, 0) is 23.8 Å². The second-order valence-electron chi connectivity index (χ2n) is 7.96. The minimum absolute atomic E-state index is 0.273. The highest BCUT2D eigenvalue weighted by Crippen LogP contribution is 2.37. The number of esters is 4. The van der Waals surface area contributed by atoms with E-state index in [1.165, 1.54) is 27.7 Å². The zero-order valence-corrected chi connectivity index (χ0v) is 19.4. The Labute approximate surface area is 196 Å². The van der Waals surface area contributed by atoms with Crippen LogP contribution in [0.15, 0.2) is 30.6 Å². The molecule has 2 aromatic heterocycles. The number of nitrogens with one attached hydrogen (secondary N) is 2. The van der Waals surface area contributed by atoms with Gasteiger partial charge in [0.25, 0.3) is 0 Å². The third-order valence-corrected chi connectivity index (χ3v) is 5.12. The topological polar surface area (TPSA) is 146 Å². The van der Waals surface area contributed by atoms with Crippen molar-refractivity contribution in [2.24, 2.45) is 0 Å². The number of hydrogen-bond acceptors (Lipinski definition) is 9. The van der Waals surface area contributed by atoms with Crippen LogP contribution < -0.4 is 0 Å². The van der Waals surface area contributed by atoms with Crippen molar-refractivity contribution < 1.29 is 42.9 Å². The molecule has 3 rings (SSSR count). The zero-order chi connectivity index (χ0) is 24.8. The van der Waals surface area contributed by atoms with E-state index < -0.39 is 54.4 Å². The molecule has 11 nitrogen and oxygen atoms in total. The van der Waals surface area contributed by atoms with Gasteiger partial charge in [-0.15, -0.1) is 0 Å². The molecule has 2 N–H and O–H groups in total. The number of rotatable bonds is 8. The summed E-state index contributed by atoms with van der Waals surface area (Å²) < 4.78 is 27.6. The molecule has 1 saturated heterocycles. The Bertz CT molecular complexity index is 1010. The van der Waals surface area contributed by atoms with Crippen LogP contribution in [-0.4, -0.2) is 64.9 Å². The van der Waals surface area contributed by atoms with Gasteiger partial charge < -0.3 is 33.7 Å². The Kier molecular flexibility index (Phi) is 8.11. The van der Waals surface area contributed by atoms with Gasteiger partial charge in [-0.1, -0.05) is 0 Å². The lowest BCUT2D eigenvalue weighted by molar-refractivity contribution is -0.255. The summed E-state index contributed by atoms with van der Waals surface area (Å²) in [5, 5.41) is 0. The average molecular weight is 476 g/mol. The molecule has 1 aliphatic heterocycles. The summed E-state index contributed by atoms with van der Waals surface area (Å²) in [4.78, 5) is 53.4. The highest BCUT2D eigenvalue weighted by atomic mass is 16.7. The van der Waals surface area contributed by atoms with E-state index in [9.17, 15) is 19.2 Å². The predicted octanol–water partition coefficient (Wildman–Crippen LogP) is 1.73. The molecule has 3 heterocycles. The summed E-state index contributed by atoms with van der Waals surface area (Å²) in [5.74, 6) is -2.56. The van der Waals surface area contributed by atoms with E-state index in [1.54, 1.807) is 6.20 Å². The first-order chi connectivity index (χ1) is 16.1. The molecular weight excluding hydrogens is 448 g/mol. The van der Waals surface area contributed by atoms with Crippen molar-refractivity contribution in [1.29, 1.82) is 0 Å². The summed E-state index contributed by atoms with van der Waals surface area (Å²) in [7, 11) is 0. The molecule has 0 aromatic carbocycles. The van der Waals surface area contributed by atoms with Gasteiger partial charge in [-0.2, -0.15) is 0 Å². The number of hydrogen-bond donors (Lipinski definition) is 2. The summed E-state index contributed by atoms with van der Waals surface area (Å²) in [6.45, 7) is 4.52. The summed E-state index contributed by atoms with van der Waals surface area (Å²) >= 11 is 0. The molecule has 184 valence electrons. The van der Waals surface area contributed by atoms with Crippen LogP contribution >= 0.6 is 0 Å². The number of carbonyl (C=O) groups excluding carboxylic acids is 4. The average Bonchev–Trinajstić information content (AvgIpc) is 3.41. The largest absolute Gasteiger partial charge is 0.463 e. The van der Waals surface area contributed by atoms with Crippen molar-refractivity contribution in [2.45, 2.75) is 64.6 Å². The van der Waals surface area contributed by atoms with E-state index in [4.69, 9.17) is 23.7 Å². The van der Waals surface area contributed by atoms with E-state index in [1.807, 2.05) is 24.4 Å². The summed E-state index contributed by atoms with van der Waals surface area (Å²) in [6.07, 6.45) is -1.26. The fraction of sp³-hybridized carbons (Fsp3) is 0.478. The quantitative estimate of drug-likeness (QED) is 0.429. The highest BCUT2D eigenvalue weighted by molar-refractivity contribution is 5.68. The lowest BCUT2D eigenvalue weighted by Crippen LogP contribution is -2.59. The first kappa shape index (κ1) is 25.0. The van der Waals surface area contributed by atoms with Gasteiger partial charge in [-0.3, -0.25) is 19.2 Å². The minimum atomic E-state index is -1.21. The van der Waals surface area contributed by atoms with Gasteiger partial charge in [0.1, 0.15) is 18.8 Å². The van der Waals surface area contributed by atoms with Gasteiger partial charge >= 0.3 is 23.9 Å². The van der Waals surface area contributed by atoms with E-state index in [0.29, 0.717) is 12.1 Å². The highest BCUT2D eigenvalue weighted by Gasteiger charge is 2.52. The third kappa shape index (κ3) is 6.47. The maximum atomic E-state index is 12.0. The van der Waals surface area contributed by atoms with Crippen molar-refractivity contribution in [3.8, 4) is 0 Å². The number of H-pyrrole nitrogens is 2. The van der Waals surface area contributed by atoms with Crippen LogP contribution in [0.3, 0.4) is 0 Å². The molecule has 0 spiro atoms. The molecule has 1 aliphatic rings. The third-order valence-electron chi connectivity index (χ3n) is 5.12. The molecular formula is C23H28N2O9. The Morgan fingerprint density at radius 3 is 2.12 bits per heavy atom. The molecule has 0 bridgehead atoms. The fourth-order valence-electron chi connectivity index (χ4n) is 3.90. The Morgan fingerprint density at radius 2 is 1.53 bits per heavy atom. The van der Waals surface area contributed by atoms with Gasteiger partial charge in [-0.25, -0.2) is 0 Å². The Morgan fingerprint density at radius 1 is 0.882 bits per heavy atom. The van der Waals surface area contributed by atoms with Crippen molar-refractivity contribution in [2.75, 3.05) is 6.61 Å². The molecule has 1 fully saturated rings. The minimum Gasteiger partial charge on any atom is -0.463 e. The van der Waals surface area contributed by atoms with Gasteiger partial charge in [0.15, 0.2) is 18.3 Å². The van der Waals surface area contributed by atoms with Crippen LogP contribution in [0.4, 0.5) is 0 Å². The molecule has 0 aliphatic carbocycles. The molecule has 0 unspecified atom stereocenters. The van der Waals surface area contributed by atoms with Crippen molar-refractivity contribution in [1.82, 2.24) is 9.97 Å². The van der Waals surface area contributed by atoms with Crippen molar-refractivity contribution >= 4 is 23.9 Å². The molecule has 0 radical (unpaired) electrons. The van der Waals surface area contributed by atoms with E-state index >= 15 is 0 Å². The van der Waals surface area contributed by atoms with Crippen LogP contribution in [0.25, 0.3) is 0 Å². The van der Waals surface area contributed by atoms with Crippen LogP contribution in [0.1, 0.15) is 50.8 Å². The zero-order valence-electron chi connectivity index (χ0n) is 19.4. The smallest absolute Gasteiger partial charge is 0.303 e. The number of carbonyl (C=O) groups is 4. The fourth-order valence-corrected chi connectivity index (χ4v) is 3.90. The van der Waals surface area contributed by atoms with Crippen LogP contribution in [0.5, 0.6) is 0 Å². The molecule has 34 heavy (non-hydrogen) atoms. The van der Waals surface area contributed by atoms with Gasteiger partial charge in [0.2, 0.25) is 0 Å². The van der Waals surface area contributed by atoms with Crippen molar-refractivity contribution in [3.05, 3.63) is 47.5 Å². The van der Waals surface area contributed by atoms with Crippen LogP contribution in [-0.2, 0) is 49.3 Å². The summed E-state index contributed by atoms with van der Waals surface area (Å²) in [5.41, 5.74) is 2.46. The molecule has 5 atom stereocenters. The standard InChI is InChI=1S/C23H28N2O9/c1-12(26)30-11-19-21(31-13(2)27)23(33-15(4)29)22(32-14(3)28)20(34-19)18-9-16(10-25-18)8-17-6-5-7-24-17/h5-7,9-10,19-25H,8,11H2,1-4H3/t19-,20+,21-,22-,23+/m1/s1.